The number of nitro groups is 1. The molecule has 0 aliphatic carbocycles. The molecule has 1 aliphatic heterocycles. The van der Waals surface area contributed by atoms with Crippen LogP contribution in [0, 0.1) is 16.0 Å². The normalized spacial score (nSPS) is 14.7. The molecule has 2 amide bonds. The maximum absolute atomic E-state index is 12.2. The van der Waals surface area contributed by atoms with Crippen LogP contribution in [-0.4, -0.2) is 56.6 Å². The molecule has 1 aromatic rings. The van der Waals surface area contributed by atoms with Crippen LogP contribution in [0.5, 0.6) is 0 Å². The van der Waals surface area contributed by atoms with E-state index in [1.165, 1.54) is 6.07 Å². The van der Waals surface area contributed by atoms with Crippen molar-refractivity contribution in [1.29, 1.82) is 0 Å². The number of rotatable bonds is 8. The molecule has 1 aromatic carbocycles. The van der Waals surface area contributed by atoms with Gasteiger partial charge in [0.1, 0.15) is 5.69 Å². The molecule has 2 N–H and O–H groups in total. The number of para-hydroxylation sites is 2. The first-order chi connectivity index (χ1) is 12.5. The highest BCUT2D eigenvalue weighted by atomic mass is 16.6. The van der Waals surface area contributed by atoms with Crippen LogP contribution in [0.2, 0.25) is 0 Å². The summed E-state index contributed by atoms with van der Waals surface area (Å²) >= 11 is 0. The number of amides is 2. The molecule has 2 rings (SSSR count). The fourth-order valence-electron chi connectivity index (χ4n) is 2.94. The molecule has 0 spiro atoms. The second-order valence-electron chi connectivity index (χ2n) is 6.07. The van der Waals surface area contributed by atoms with Crippen LogP contribution in [0.3, 0.4) is 0 Å². The summed E-state index contributed by atoms with van der Waals surface area (Å²) < 4.78 is 4.83. The summed E-state index contributed by atoms with van der Waals surface area (Å²) in [6.07, 6.45) is 1.17. The van der Waals surface area contributed by atoms with Crippen LogP contribution in [0.25, 0.3) is 0 Å². The molecular formula is C17H24N4O5. The minimum atomic E-state index is -0.393. The molecule has 142 valence electrons. The van der Waals surface area contributed by atoms with E-state index < -0.39 is 4.92 Å². The number of carbonyl (C=O) groups excluding carboxylic acids is 2. The zero-order valence-electron chi connectivity index (χ0n) is 14.8. The zero-order chi connectivity index (χ0) is 18.9. The Bertz CT molecular complexity index is 644. The fraction of sp³-hybridized carbons (Fsp3) is 0.529. The van der Waals surface area contributed by atoms with E-state index in [2.05, 4.69) is 10.6 Å². The van der Waals surface area contributed by atoms with Crippen LogP contribution < -0.4 is 15.5 Å². The van der Waals surface area contributed by atoms with Gasteiger partial charge < -0.3 is 20.3 Å². The molecule has 9 nitrogen and oxygen atoms in total. The molecule has 0 bridgehead atoms. The number of carbonyl (C=O) groups is 2. The Balaban J connectivity index is 1.80. The number of nitrogens with zero attached hydrogens (tertiary/aromatic N) is 2. The Morgan fingerprint density at radius 1 is 1.27 bits per heavy atom. The van der Waals surface area contributed by atoms with E-state index in [-0.39, 0.29) is 30.0 Å². The van der Waals surface area contributed by atoms with Gasteiger partial charge in [0.15, 0.2) is 0 Å². The molecule has 0 radical (unpaired) electrons. The van der Waals surface area contributed by atoms with Gasteiger partial charge >= 0.3 is 0 Å². The summed E-state index contributed by atoms with van der Waals surface area (Å²) in [6, 6.07) is 6.61. The monoisotopic (exact) mass is 364 g/mol. The van der Waals surface area contributed by atoms with Crippen molar-refractivity contribution in [1.82, 2.24) is 10.6 Å². The minimum Gasteiger partial charge on any atom is -0.383 e. The summed E-state index contributed by atoms with van der Waals surface area (Å²) in [6.45, 7) is 1.88. The van der Waals surface area contributed by atoms with Crippen molar-refractivity contribution < 1.29 is 19.2 Å². The van der Waals surface area contributed by atoms with Gasteiger partial charge in [-0.1, -0.05) is 12.1 Å². The second kappa shape index (κ2) is 9.71. The predicted molar refractivity (Wildman–Crippen MR) is 95.9 cm³/mol. The van der Waals surface area contributed by atoms with Gasteiger partial charge in [-0.05, 0) is 18.9 Å². The summed E-state index contributed by atoms with van der Waals surface area (Å²) in [5.41, 5.74) is 0.650. The van der Waals surface area contributed by atoms with E-state index in [1.54, 1.807) is 25.3 Å². The van der Waals surface area contributed by atoms with Crippen molar-refractivity contribution in [3.63, 3.8) is 0 Å². The maximum Gasteiger partial charge on any atom is 0.292 e. The van der Waals surface area contributed by atoms with Crippen molar-refractivity contribution in [3.05, 3.63) is 34.4 Å². The number of methoxy groups -OCH3 is 1. The van der Waals surface area contributed by atoms with Gasteiger partial charge in [0, 0.05) is 38.7 Å². The summed E-state index contributed by atoms with van der Waals surface area (Å²) in [7, 11) is 1.55. The third-order valence-corrected chi connectivity index (χ3v) is 4.34. The van der Waals surface area contributed by atoms with Crippen molar-refractivity contribution in [3.8, 4) is 0 Å². The first-order valence-electron chi connectivity index (χ1n) is 8.54. The van der Waals surface area contributed by atoms with Gasteiger partial charge in [0.2, 0.25) is 11.8 Å². The Morgan fingerprint density at radius 2 is 1.96 bits per heavy atom. The lowest BCUT2D eigenvalue weighted by Gasteiger charge is -2.32. The zero-order valence-corrected chi connectivity index (χ0v) is 14.8. The summed E-state index contributed by atoms with van der Waals surface area (Å²) in [5, 5.41) is 16.4. The Labute approximate surface area is 151 Å². The van der Waals surface area contributed by atoms with E-state index in [0.29, 0.717) is 44.8 Å². The average molecular weight is 364 g/mol. The van der Waals surface area contributed by atoms with Gasteiger partial charge in [-0.15, -0.1) is 0 Å². The second-order valence-corrected chi connectivity index (χ2v) is 6.07. The average Bonchev–Trinajstić information content (AvgIpc) is 2.66. The van der Waals surface area contributed by atoms with Crippen LogP contribution in [0.1, 0.15) is 12.8 Å². The lowest BCUT2D eigenvalue weighted by atomic mass is 9.95. The third-order valence-electron chi connectivity index (χ3n) is 4.34. The number of piperidine rings is 1. The Kier molecular flexibility index (Phi) is 7.34. The summed E-state index contributed by atoms with van der Waals surface area (Å²) in [4.78, 5) is 36.5. The van der Waals surface area contributed by atoms with Gasteiger partial charge in [0.25, 0.3) is 5.69 Å². The van der Waals surface area contributed by atoms with Crippen molar-refractivity contribution in [2.75, 3.05) is 44.8 Å². The van der Waals surface area contributed by atoms with Crippen molar-refractivity contribution in [2.45, 2.75) is 12.8 Å². The van der Waals surface area contributed by atoms with E-state index >= 15 is 0 Å². The first-order valence-corrected chi connectivity index (χ1v) is 8.54. The molecule has 0 saturated carbocycles. The van der Waals surface area contributed by atoms with Crippen molar-refractivity contribution >= 4 is 23.2 Å². The largest absolute Gasteiger partial charge is 0.383 e. The molecule has 0 aromatic heterocycles. The molecule has 26 heavy (non-hydrogen) atoms. The number of nitrogens with one attached hydrogen (secondary N) is 2. The number of nitro benzene ring substituents is 1. The van der Waals surface area contributed by atoms with E-state index in [1.807, 2.05) is 4.90 Å². The standard InChI is InChI=1S/C17H24N4O5/c1-26-11-8-18-16(22)12-19-17(23)13-6-9-20(10-7-13)14-4-2-3-5-15(14)21(24)25/h2-5,13H,6-12H2,1H3,(H,18,22)(H,19,23). The Hall–Kier alpha value is -2.68. The lowest BCUT2D eigenvalue weighted by molar-refractivity contribution is -0.384. The predicted octanol–water partition coefficient (Wildman–Crippen LogP) is 0.690. The molecular weight excluding hydrogens is 340 g/mol. The molecule has 9 heteroatoms. The first kappa shape index (κ1) is 19.6. The van der Waals surface area contributed by atoms with Crippen LogP contribution >= 0.6 is 0 Å². The third kappa shape index (κ3) is 5.41. The van der Waals surface area contributed by atoms with E-state index in [4.69, 9.17) is 4.74 Å². The van der Waals surface area contributed by atoms with E-state index in [9.17, 15) is 19.7 Å². The number of ether oxygens (including phenoxy) is 1. The van der Waals surface area contributed by atoms with Crippen LogP contribution in [-0.2, 0) is 14.3 Å². The SMILES string of the molecule is COCCNC(=O)CNC(=O)C1CCN(c2ccccc2[N+](=O)[O-])CC1. The fourth-order valence-corrected chi connectivity index (χ4v) is 2.94. The van der Waals surface area contributed by atoms with Gasteiger partial charge in [-0.3, -0.25) is 19.7 Å². The number of anilines is 1. The minimum absolute atomic E-state index is 0.0626. The smallest absolute Gasteiger partial charge is 0.292 e. The highest BCUT2D eigenvalue weighted by molar-refractivity contribution is 5.86. The lowest BCUT2D eigenvalue weighted by Crippen LogP contribution is -2.44. The topological polar surface area (TPSA) is 114 Å². The van der Waals surface area contributed by atoms with Gasteiger partial charge in [0.05, 0.1) is 18.1 Å². The quantitative estimate of drug-likeness (QED) is 0.399. The molecule has 0 atom stereocenters. The number of hydrogen-bond donors (Lipinski definition) is 2. The maximum atomic E-state index is 12.2. The molecule has 1 heterocycles. The highest BCUT2D eigenvalue weighted by Gasteiger charge is 2.28. The molecule has 1 aliphatic rings. The molecule has 1 saturated heterocycles. The Morgan fingerprint density at radius 3 is 2.62 bits per heavy atom. The van der Waals surface area contributed by atoms with Crippen LogP contribution in [0.4, 0.5) is 11.4 Å². The van der Waals surface area contributed by atoms with Gasteiger partial charge in [-0.25, -0.2) is 0 Å². The van der Waals surface area contributed by atoms with Gasteiger partial charge in [-0.2, -0.15) is 0 Å². The van der Waals surface area contributed by atoms with Crippen molar-refractivity contribution in [2.24, 2.45) is 5.92 Å². The molecule has 0 unspecified atom stereocenters. The van der Waals surface area contributed by atoms with E-state index in [0.717, 1.165) is 0 Å². The highest BCUT2D eigenvalue weighted by Crippen LogP contribution is 2.31. The molecule has 1 fully saturated rings. The number of benzene rings is 1. The number of hydrogen-bond acceptors (Lipinski definition) is 6. The van der Waals surface area contributed by atoms with Crippen LogP contribution in [0.15, 0.2) is 24.3 Å². The summed E-state index contributed by atoms with van der Waals surface area (Å²) in [5.74, 6) is -0.609.